The molecule has 0 spiro atoms. The summed E-state index contributed by atoms with van der Waals surface area (Å²) in [7, 11) is 0. The van der Waals surface area contributed by atoms with Gasteiger partial charge >= 0.3 is 0 Å². The molecule has 1 saturated heterocycles. The van der Waals surface area contributed by atoms with Crippen LogP contribution in [0.15, 0.2) is 11.1 Å². The molecule has 0 aliphatic carbocycles. The van der Waals surface area contributed by atoms with E-state index in [0.717, 1.165) is 10.9 Å². The number of anilines is 1. The van der Waals surface area contributed by atoms with Crippen molar-refractivity contribution in [1.29, 1.82) is 0 Å². The van der Waals surface area contributed by atoms with Crippen molar-refractivity contribution in [2.24, 2.45) is 0 Å². The van der Waals surface area contributed by atoms with Gasteiger partial charge in [-0.1, -0.05) is 11.8 Å². The van der Waals surface area contributed by atoms with Crippen molar-refractivity contribution in [3.8, 4) is 11.8 Å². The number of alkyl halides is 2. The number of aliphatic hydroxyl groups excluding tert-OH is 2. The fraction of sp³-hybridized carbons (Fsp3) is 0.500. The average Bonchev–Trinajstić information content (AvgIpc) is 3.06. The predicted octanol–water partition coefficient (Wildman–Crippen LogP) is -0.978. The lowest BCUT2D eigenvalue weighted by atomic mass is 9.94. The first-order valence-corrected chi connectivity index (χ1v) is 7.28. The standard InChI is InChI=1S/C14H15F2N5O4/c1-6(22)8-9(23)14(16,3-2-4-15)12(25-8)21-5-18-7-10(21)19-13(17)20-11(7)24/h5-6,8-9,12,22-23H,4H2,1H3,(H3,17,19,20,24)/t6-,8+,9-,12+,14?/m0/s1. The van der Waals surface area contributed by atoms with Crippen LogP contribution in [0.2, 0.25) is 0 Å². The van der Waals surface area contributed by atoms with Gasteiger partial charge in [-0.15, -0.1) is 0 Å². The molecule has 1 unspecified atom stereocenters. The van der Waals surface area contributed by atoms with E-state index < -0.39 is 42.4 Å². The van der Waals surface area contributed by atoms with Crippen LogP contribution in [-0.2, 0) is 4.74 Å². The summed E-state index contributed by atoms with van der Waals surface area (Å²) in [6, 6.07) is 0. The summed E-state index contributed by atoms with van der Waals surface area (Å²) in [5.74, 6) is 3.69. The number of nitrogens with two attached hydrogens (primary N) is 1. The first kappa shape index (κ1) is 17.3. The number of nitrogens with one attached hydrogen (secondary N) is 1. The van der Waals surface area contributed by atoms with E-state index in [2.05, 4.69) is 15.0 Å². The molecule has 1 aliphatic heterocycles. The predicted molar refractivity (Wildman–Crippen MR) is 81.7 cm³/mol. The van der Waals surface area contributed by atoms with Crippen LogP contribution < -0.4 is 11.3 Å². The summed E-state index contributed by atoms with van der Waals surface area (Å²) in [5.41, 5.74) is 1.85. The molecule has 9 nitrogen and oxygen atoms in total. The number of hydrogen-bond acceptors (Lipinski definition) is 7. The van der Waals surface area contributed by atoms with Crippen molar-refractivity contribution in [1.82, 2.24) is 19.5 Å². The van der Waals surface area contributed by atoms with E-state index in [0.29, 0.717) is 0 Å². The molecule has 1 aliphatic rings. The van der Waals surface area contributed by atoms with Gasteiger partial charge in [-0.2, -0.15) is 4.98 Å². The minimum absolute atomic E-state index is 0.103. The van der Waals surface area contributed by atoms with E-state index >= 15 is 4.39 Å². The highest BCUT2D eigenvalue weighted by molar-refractivity contribution is 5.70. The van der Waals surface area contributed by atoms with Gasteiger partial charge in [0.2, 0.25) is 11.6 Å². The zero-order valence-electron chi connectivity index (χ0n) is 13.0. The smallest absolute Gasteiger partial charge is 0.280 e. The SMILES string of the molecule is C[C@H](O)[C@H]1O[C@@H](n2cnc3c(=O)[nH]c(N)nc32)C(F)(C#CCF)[C@H]1O. The van der Waals surface area contributed by atoms with Gasteiger partial charge in [0.1, 0.15) is 18.9 Å². The van der Waals surface area contributed by atoms with Crippen LogP contribution in [0.25, 0.3) is 11.2 Å². The molecule has 3 heterocycles. The first-order valence-electron chi connectivity index (χ1n) is 7.28. The maximum atomic E-state index is 15.4. The molecular formula is C14H15F2N5O4. The zero-order valence-corrected chi connectivity index (χ0v) is 13.0. The normalized spacial score (nSPS) is 30.2. The monoisotopic (exact) mass is 355 g/mol. The molecule has 134 valence electrons. The Morgan fingerprint density at radius 2 is 2.36 bits per heavy atom. The van der Waals surface area contributed by atoms with Crippen LogP contribution in [0.5, 0.6) is 0 Å². The van der Waals surface area contributed by atoms with Crippen molar-refractivity contribution in [2.75, 3.05) is 12.4 Å². The Morgan fingerprint density at radius 3 is 3.00 bits per heavy atom. The Labute approximate surface area is 139 Å². The second kappa shape index (κ2) is 6.07. The lowest BCUT2D eigenvalue weighted by Gasteiger charge is -2.23. The van der Waals surface area contributed by atoms with Crippen molar-refractivity contribution >= 4 is 17.1 Å². The Balaban J connectivity index is 2.18. The maximum Gasteiger partial charge on any atom is 0.280 e. The number of rotatable bonds is 2. The number of aromatic nitrogens is 4. The summed E-state index contributed by atoms with van der Waals surface area (Å²) < 4.78 is 34.3. The molecule has 11 heteroatoms. The molecule has 5 N–H and O–H groups in total. The third-order valence-electron chi connectivity index (χ3n) is 3.91. The molecule has 1 fully saturated rings. The van der Waals surface area contributed by atoms with Crippen LogP contribution in [0.4, 0.5) is 14.7 Å². The Bertz CT molecular complexity index is 917. The second-order valence-electron chi connectivity index (χ2n) is 5.62. The quantitative estimate of drug-likeness (QED) is 0.508. The number of ether oxygens (including phenoxy) is 1. The number of H-pyrrole nitrogens is 1. The van der Waals surface area contributed by atoms with Crippen LogP contribution >= 0.6 is 0 Å². The van der Waals surface area contributed by atoms with Crippen molar-refractivity contribution in [3.05, 3.63) is 16.7 Å². The van der Waals surface area contributed by atoms with Gasteiger partial charge < -0.3 is 20.7 Å². The summed E-state index contributed by atoms with van der Waals surface area (Å²) in [6.45, 7) is 0.159. The second-order valence-corrected chi connectivity index (χ2v) is 5.62. The van der Waals surface area contributed by atoms with Gasteiger partial charge in [0.15, 0.2) is 17.4 Å². The zero-order chi connectivity index (χ0) is 18.4. The largest absolute Gasteiger partial charge is 0.391 e. The maximum absolute atomic E-state index is 15.4. The molecular weight excluding hydrogens is 340 g/mol. The average molecular weight is 355 g/mol. The Kier molecular flexibility index (Phi) is 4.19. The minimum Gasteiger partial charge on any atom is -0.391 e. The minimum atomic E-state index is -2.76. The molecule has 0 bridgehead atoms. The van der Waals surface area contributed by atoms with E-state index in [-0.39, 0.29) is 17.1 Å². The number of hydrogen-bond donors (Lipinski definition) is 4. The molecule has 2 aromatic heterocycles. The van der Waals surface area contributed by atoms with Crippen LogP contribution in [0.3, 0.4) is 0 Å². The van der Waals surface area contributed by atoms with Gasteiger partial charge in [-0.05, 0) is 6.92 Å². The highest BCUT2D eigenvalue weighted by Gasteiger charge is 2.59. The van der Waals surface area contributed by atoms with Gasteiger partial charge in [-0.25, -0.2) is 13.8 Å². The van der Waals surface area contributed by atoms with E-state index in [1.165, 1.54) is 6.92 Å². The van der Waals surface area contributed by atoms with Crippen LogP contribution in [0.1, 0.15) is 13.2 Å². The van der Waals surface area contributed by atoms with Crippen molar-refractivity contribution in [3.63, 3.8) is 0 Å². The number of nitrogen functional groups attached to an aromatic ring is 1. The van der Waals surface area contributed by atoms with Crippen LogP contribution in [0, 0.1) is 11.8 Å². The molecule has 25 heavy (non-hydrogen) atoms. The third kappa shape index (κ3) is 2.64. The van der Waals surface area contributed by atoms with E-state index in [1.807, 2.05) is 11.8 Å². The molecule has 0 amide bonds. The number of aliphatic hydroxyl groups is 2. The van der Waals surface area contributed by atoms with E-state index in [4.69, 9.17) is 10.5 Å². The van der Waals surface area contributed by atoms with Gasteiger partial charge in [-0.3, -0.25) is 14.3 Å². The molecule has 0 saturated carbocycles. The lowest BCUT2D eigenvalue weighted by Crippen LogP contribution is -2.44. The van der Waals surface area contributed by atoms with Crippen LogP contribution in [-0.4, -0.2) is 60.4 Å². The highest BCUT2D eigenvalue weighted by Crippen LogP contribution is 2.43. The topological polar surface area (TPSA) is 139 Å². The summed E-state index contributed by atoms with van der Waals surface area (Å²) in [5, 5.41) is 19.9. The Hall–Kier alpha value is -2.55. The number of nitrogens with zero attached hydrogens (tertiary/aromatic N) is 3. The Morgan fingerprint density at radius 1 is 1.64 bits per heavy atom. The molecule has 5 atom stereocenters. The number of halogens is 2. The number of aromatic amines is 1. The highest BCUT2D eigenvalue weighted by atomic mass is 19.1. The van der Waals surface area contributed by atoms with Gasteiger partial charge in [0.25, 0.3) is 5.56 Å². The first-order chi connectivity index (χ1) is 11.8. The summed E-state index contributed by atoms with van der Waals surface area (Å²) >= 11 is 0. The lowest BCUT2D eigenvalue weighted by molar-refractivity contribution is -0.0776. The molecule has 0 aromatic carbocycles. The fourth-order valence-corrected chi connectivity index (χ4v) is 2.77. The molecule has 2 aromatic rings. The third-order valence-corrected chi connectivity index (χ3v) is 3.91. The number of imidazole rings is 1. The molecule has 0 radical (unpaired) electrons. The fourth-order valence-electron chi connectivity index (χ4n) is 2.77. The van der Waals surface area contributed by atoms with Gasteiger partial charge in [0.05, 0.1) is 12.4 Å². The summed E-state index contributed by atoms with van der Waals surface area (Å²) in [4.78, 5) is 21.8. The van der Waals surface area contributed by atoms with E-state index in [9.17, 15) is 19.4 Å². The molecule has 3 rings (SSSR count). The summed E-state index contributed by atoms with van der Waals surface area (Å²) in [6.07, 6.45) is -4.99. The van der Waals surface area contributed by atoms with Crippen molar-refractivity contribution < 1.29 is 23.7 Å². The number of fused-ring (bicyclic) bond motifs is 1. The van der Waals surface area contributed by atoms with Crippen molar-refractivity contribution in [2.45, 2.75) is 37.1 Å². The van der Waals surface area contributed by atoms with Gasteiger partial charge in [0, 0.05) is 0 Å². The van der Waals surface area contributed by atoms with E-state index in [1.54, 1.807) is 0 Å².